The van der Waals surface area contributed by atoms with Gasteiger partial charge < -0.3 is 14.5 Å². The van der Waals surface area contributed by atoms with Gasteiger partial charge in [0.25, 0.3) is 5.82 Å². The molecule has 7 nitrogen and oxygen atoms in total. The molecule has 2 fully saturated rings. The smallest absolute Gasteiger partial charge is 0.410 e. The van der Waals surface area contributed by atoms with Crippen LogP contribution in [0.2, 0.25) is 0 Å². The number of carbonyl (C=O) groups is 1. The molecule has 1 aromatic rings. The van der Waals surface area contributed by atoms with Crippen LogP contribution in [-0.4, -0.2) is 51.7 Å². The zero-order valence-corrected chi connectivity index (χ0v) is 13.7. The number of amides is 1. The molecule has 0 radical (unpaired) electrons. The summed E-state index contributed by atoms with van der Waals surface area (Å²) in [6.45, 7) is 14.7. The van der Waals surface area contributed by atoms with Crippen molar-refractivity contribution < 1.29 is 9.53 Å². The molecule has 0 N–H and O–H groups in total. The monoisotopic (exact) mass is 315 g/mol. The van der Waals surface area contributed by atoms with E-state index in [0.29, 0.717) is 18.9 Å². The van der Waals surface area contributed by atoms with Crippen LogP contribution in [-0.2, 0) is 4.74 Å². The highest BCUT2D eigenvalue weighted by Gasteiger charge is 2.54. The quantitative estimate of drug-likeness (QED) is 0.746. The molecule has 0 bridgehead atoms. The lowest BCUT2D eigenvalue weighted by Crippen LogP contribution is -2.58. The third kappa shape index (κ3) is 3.21. The average Bonchev–Trinajstić information content (AvgIpc) is 3.25. The van der Waals surface area contributed by atoms with Crippen molar-refractivity contribution in [2.75, 3.05) is 24.5 Å². The first-order valence-electron chi connectivity index (χ1n) is 7.78. The lowest BCUT2D eigenvalue weighted by Gasteiger charge is -2.42. The number of piperazine rings is 1. The van der Waals surface area contributed by atoms with Crippen LogP contribution in [0.15, 0.2) is 12.4 Å². The van der Waals surface area contributed by atoms with E-state index in [0.717, 1.165) is 25.2 Å². The SMILES string of the molecule is [C-]#[N+]c1cc(N2CCN(C(=O)OC(C)(C)C)C3(CC3)C2)ncn1. The minimum absolute atomic E-state index is 0.149. The molecule has 1 saturated carbocycles. The summed E-state index contributed by atoms with van der Waals surface area (Å²) in [6, 6.07) is 1.70. The van der Waals surface area contributed by atoms with Crippen molar-refractivity contribution >= 4 is 17.7 Å². The van der Waals surface area contributed by atoms with Gasteiger partial charge in [-0.1, -0.05) is 6.57 Å². The maximum atomic E-state index is 12.4. The molecule has 1 aliphatic heterocycles. The van der Waals surface area contributed by atoms with Gasteiger partial charge in [-0.3, -0.25) is 4.90 Å². The van der Waals surface area contributed by atoms with Crippen LogP contribution in [0.5, 0.6) is 0 Å². The maximum absolute atomic E-state index is 12.4. The van der Waals surface area contributed by atoms with E-state index in [4.69, 9.17) is 11.3 Å². The van der Waals surface area contributed by atoms with Gasteiger partial charge in [0, 0.05) is 25.7 Å². The highest BCUT2D eigenvalue weighted by Crippen LogP contribution is 2.45. The first kappa shape index (κ1) is 15.5. The van der Waals surface area contributed by atoms with Gasteiger partial charge in [0.1, 0.15) is 11.4 Å². The molecule has 7 heteroatoms. The Morgan fingerprint density at radius 2 is 2.09 bits per heavy atom. The second-order valence-electron chi connectivity index (χ2n) is 7.12. The molecule has 2 heterocycles. The number of carbonyl (C=O) groups excluding carboxylic acids is 1. The number of nitrogens with zero attached hydrogens (tertiary/aromatic N) is 5. The van der Waals surface area contributed by atoms with Crippen LogP contribution in [0, 0.1) is 6.57 Å². The minimum Gasteiger partial charge on any atom is -0.444 e. The van der Waals surface area contributed by atoms with Crippen molar-refractivity contribution in [3.05, 3.63) is 23.8 Å². The molecule has 2 aliphatic rings. The van der Waals surface area contributed by atoms with Crippen LogP contribution in [0.4, 0.5) is 16.4 Å². The van der Waals surface area contributed by atoms with E-state index < -0.39 is 5.60 Å². The van der Waals surface area contributed by atoms with Gasteiger partial charge in [-0.15, -0.1) is 4.98 Å². The molecule has 0 unspecified atom stereocenters. The Morgan fingerprint density at radius 3 is 2.70 bits per heavy atom. The molecule has 122 valence electrons. The molecular formula is C16H21N5O2. The highest BCUT2D eigenvalue weighted by atomic mass is 16.6. The van der Waals surface area contributed by atoms with Gasteiger partial charge in [0.2, 0.25) is 6.33 Å². The minimum atomic E-state index is -0.485. The molecule has 0 atom stereocenters. The second-order valence-corrected chi connectivity index (χ2v) is 7.12. The standard InChI is InChI=1S/C16H21N5O2/c1-15(2,3)23-14(22)21-8-7-20(10-16(21)5-6-16)13-9-12(17-4)18-11-19-13/h9,11H,5-8,10H2,1-3H3. The summed E-state index contributed by atoms with van der Waals surface area (Å²) >= 11 is 0. The van der Waals surface area contributed by atoms with Crippen molar-refractivity contribution in [2.45, 2.75) is 44.8 Å². The predicted molar refractivity (Wildman–Crippen MR) is 85.4 cm³/mol. The third-order valence-electron chi connectivity index (χ3n) is 4.17. The Bertz CT molecular complexity index is 657. The number of rotatable bonds is 1. The van der Waals surface area contributed by atoms with Crippen molar-refractivity contribution in [3.8, 4) is 0 Å². The number of ether oxygens (including phenoxy) is 1. The van der Waals surface area contributed by atoms with Crippen molar-refractivity contribution in [3.63, 3.8) is 0 Å². The second kappa shape index (κ2) is 5.37. The number of hydrogen-bond acceptors (Lipinski definition) is 5. The summed E-state index contributed by atoms with van der Waals surface area (Å²) < 4.78 is 5.53. The van der Waals surface area contributed by atoms with Crippen molar-refractivity contribution in [1.82, 2.24) is 14.9 Å². The van der Waals surface area contributed by atoms with E-state index in [-0.39, 0.29) is 11.6 Å². The summed E-state index contributed by atoms with van der Waals surface area (Å²) in [5.74, 6) is 1.09. The van der Waals surface area contributed by atoms with Gasteiger partial charge in [-0.2, -0.15) is 4.98 Å². The van der Waals surface area contributed by atoms with Crippen LogP contribution < -0.4 is 4.90 Å². The number of aromatic nitrogens is 2. The summed E-state index contributed by atoms with van der Waals surface area (Å²) in [5.41, 5.74) is -0.634. The molecule has 23 heavy (non-hydrogen) atoms. The van der Waals surface area contributed by atoms with Crippen LogP contribution in [0.1, 0.15) is 33.6 Å². The molecule has 1 amide bonds. The first-order chi connectivity index (χ1) is 10.8. The Hall–Kier alpha value is -2.36. The topological polar surface area (TPSA) is 62.9 Å². The van der Waals surface area contributed by atoms with Gasteiger partial charge in [-0.05, 0) is 33.6 Å². The van der Waals surface area contributed by atoms with Gasteiger partial charge >= 0.3 is 6.09 Å². The summed E-state index contributed by atoms with van der Waals surface area (Å²) in [4.78, 5) is 28.0. The number of hydrogen-bond donors (Lipinski definition) is 0. The van der Waals surface area contributed by atoms with Crippen molar-refractivity contribution in [1.29, 1.82) is 0 Å². The molecule has 1 saturated heterocycles. The van der Waals surface area contributed by atoms with Crippen LogP contribution in [0.3, 0.4) is 0 Å². The largest absolute Gasteiger partial charge is 0.444 e. The Balaban J connectivity index is 1.73. The summed E-state index contributed by atoms with van der Waals surface area (Å²) in [6.07, 6.45) is 3.13. The summed E-state index contributed by atoms with van der Waals surface area (Å²) in [7, 11) is 0. The Labute approximate surface area is 136 Å². The zero-order chi connectivity index (χ0) is 16.7. The molecule has 1 aromatic heterocycles. The van der Waals surface area contributed by atoms with Gasteiger partial charge in [-0.25, -0.2) is 4.79 Å². The van der Waals surface area contributed by atoms with Gasteiger partial charge in [0.05, 0.1) is 5.54 Å². The lowest BCUT2D eigenvalue weighted by atomic mass is 10.1. The van der Waals surface area contributed by atoms with Crippen LogP contribution >= 0.6 is 0 Å². The molecule has 0 aromatic carbocycles. The third-order valence-corrected chi connectivity index (χ3v) is 4.17. The van der Waals surface area contributed by atoms with Crippen molar-refractivity contribution in [2.24, 2.45) is 0 Å². The molecule has 1 spiro atoms. The number of anilines is 1. The van der Waals surface area contributed by atoms with E-state index in [9.17, 15) is 4.79 Å². The van der Waals surface area contributed by atoms with E-state index in [1.54, 1.807) is 6.07 Å². The van der Waals surface area contributed by atoms with E-state index in [2.05, 4.69) is 19.7 Å². The normalized spacial score (nSPS) is 19.4. The fourth-order valence-electron chi connectivity index (χ4n) is 2.92. The molecular weight excluding hydrogens is 294 g/mol. The predicted octanol–water partition coefficient (Wildman–Crippen LogP) is 2.62. The van der Waals surface area contributed by atoms with E-state index in [1.165, 1.54) is 6.33 Å². The molecule has 1 aliphatic carbocycles. The van der Waals surface area contributed by atoms with Crippen LogP contribution in [0.25, 0.3) is 4.85 Å². The fourth-order valence-corrected chi connectivity index (χ4v) is 2.92. The van der Waals surface area contributed by atoms with E-state index >= 15 is 0 Å². The van der Waals surface area contributed by atoms with Gasteiger partial charge in [0.15, 0.2) is 0 Å². The maximum Gasteiger partial charge on any atom is 0.410 e. The Morgan fingerprint density at radius 1 is 1.35 bits per heavy atom. The highest BCUT2D eigenvalue weighted by molar-refractivity contribution is 5.71. The Kier molecular flexibility index (Phi) is 3.63. The zero-order valence-electron chi connectivity index (χ0n) is 13.7. The van der Waals surface area contributed by atoms with E-state index in [1.807, 2.05) is 25.7 Å². The first-order valence-corrected chi connectivity index (χ1v) is 7.78. The molecule has 3 rings (SSSR count). The summed E-state index contributed by atoms with van der Waals surface area (Å²) in [5, 5.41) is 0. The fraction of sp³-hybridized carbons (Fsp3) is 0.625. The lowest BCUT2D eigenvalue weighted by molar-refractivity contribution is 0.0106. The average molecular weight is 315 g/mol.